The van der Waals surface area contributed by atoms with Gasteiger partial charge in [-0.1, -0.05) is 26.0 Å². The molecular weight excluding hydrogens is 324 g/mol. The Hall–Kier alpha value is -2.57. The number of likely N-dealkylation sites (tertiary alicyclic amines) is 1. The minimum Gasteiger partial charge on any atom is -0.497 e. The molecule has 7 nitrogen and oxygen atoms in total. The van der Waals surface area contributed by atoms with Crippen LogP contribution in [0.15, 0.2) is 24.3 Å². The van der Waals surface area contributed by atoms with Gasteiger partial charge in [-0.15, -0.1) is 0 Å². The summed E-state index contributed by atoms with van der Waals surface area (Å²) in [5.74, 6) is -1.57. The molecule has 1 fully saturated rings. The first kappa shape index (κ1) is 18.8. The monoisotopic (exact) mass is 348 g/mol. The number of ether oxygens (including phenoxy) is 1. The zero-order valence-corrected chi connectivity index (χ0v) is 14.7. The fraction of sp³-hybridized carbons (Fsp3) is 0.500. The largest absolute Gasteiger partial charge is 0.497 e. The Balaban J connectivity index is 1.96. The second-order valence-corrected chi connectivity index (χ2v) is 6.59. The van der Waals surface area contributed by atoms with Gasteiger partial charge in [0.1, 0.15) is 11.8 Å². The Labute approximate surface area is 147 Å². The number of carboxylic acid groups (broad SMARTS) is 1. The van der Waals surface area contributed by atoms with Gasteiger partial charge in [0.05, 0.1) is 13.0 Å². The average Bonchev–Trinajstić information content (AvgIpc) is 2.93. The van der Waals surface area contributed by atoms with Gasteiger partial charge in [0, 0.05) is 19.5 Å². The number of hydrogen-bond acceptors (Lipinski definition) is 4. The van der Waals surface area contributed by atoms with Crippen LogP contribution in [-0.4, -0.2) is 47.5 Å². The van der Waals surface area contributed by atoms with Crippen molar-refractivity contribution in [1.82, 2.24) is 10.2 Å². The number of nitrogens with zero attached hydrogens (tertiary/aromatic N) is 1. The summed E-state index contributed by atoms with van der Waals surface area (Å²) in [6.07, 6.45) is 0.104. The van der Waals surface area contributed by atoms with Crippen LogP contribution in [0.4, 0.5) is 0 Å². The van der Waals surface area contributed by atoms with Gasteiger partial charge in [-0.2, -0.15) is 0 Å². The molecule has 2 atom stereocenters. The number of benzene rings is 1. The third-order valence-corrected chi connectivity index (χ3v) is 4.35. The SMILES string of the molecule is COc1ccc(CN2CC(C(=O)N[C@H](C(=O)O)C(C)C)CC2=O)cc1. The molecule has 25 heavy (non-hydrogen) atoms. The first-order valence-corrected chi connectivity index (χ1v) is 8.25. The molecule has 1 aromatic carbocycles. The number of nitrogens with one attached hydrogen (secondary N) is 1. The molecule has 0 saturated carbocycles. The molecule has 0 bridgehead atoms. The van der Waals surface area contributed by atoms with Crippen LogP contribution in [-0.2, 0) is 20.9 Å². The maximum absolute atomic E-state index is 12.3. The number of rotatable bonds is 7. The molecule has 0 spiro atoms. The van der Waals surface area contributed by atoms with Crippen molar-refractivity contribution in [1.29, 1.82) is 0 Å². The van der Waals surface area contributed by atoms with Crippen molar-refractivity contribution in [3.8, 4) is 5.75 Å². The highest BCUT2D eigenvalue weighted by atomic mass is 16.5. The maximum Gasteiger partial charge on any atom is 0.326 e. The number of carboxylic acids is 1. The second kappa shape index (κ2) is 8.00. The lowest BCUT2D eigenvalue weighted by molar-refractivity contribution is -0.143. The van der Waals surface area contributed by atoms with Crippen LogP contribution < -0.4 is 10.1 Å². The fourth-order valence-electron chi connectivity index (χ4n) is 2.84. The molecule has 1 aliphatic rings. The Morgan fingerprint density at radius 1 is 1.32 bits per heavy atom. The summed E-state index contributed by atoms with van der Waals surface area (Å²) in [6, 6.07) is 6.44. The lowest BCUT2D eigenvalue weighted by Gasteiger charge is -2.20. The van der Waals surface area contributed by atoms with Crippen LogP contribution >= 0.6 is 0 Å². The van der Waals surface area contributed by atoms with Crippen LogP contribution in [0.3, 0.4) is 0 Å². The van der Waals surface area contributed by atoms with E-state index in [1.54, 1.807) is 25.9 Å². The average molecular weight is 348 g/mol. The quantitative estimate of drug-likeness (QED) is 0.774. The first-order chi connectivity index (χ1) is 11.8. The summed E-state index contributed by atoms with van der Waals surface area (Å²) in [5, 5.41) is 11.7. The number of amides is 2. The first-order valence-electron chi connectivity index (χ1n) is 8.25. The van der Waals surface area contributed by atoms with Crippen LogP contribution in [0.2, 0.25) is 0 Å². The van der Waals surface area contributed by atoms with E-state index in [9.17, 15) is 19.5 Å². The number of aliphatic carboxylic acids is 1. The highest BCUT2D eigenvalue weighted by molar-refractivity contribution is 5.91. The van der Waals surface area contributed by atoms with E-state index in [-0.39, 0.29) is 24.2 Å². The summed E-state index contributed by atoms with van der Waals surface area (Å²) >= 11 is 0. The van der Waals surface area contributed by atoms with E-state index < -0.39 is 17.9 Å². The molecule has 7 heteroatoms. The molecule has 1 saturated heterocycles. The molecule has 2 rings (SSSR count). The summed E-state index contributed by atoms with van der Waals surface area (Å²) in [6.45, 7) is 4.17. The van der Waals surface area contributed by atoms with E-state index in [0.717, 1.165) is 11.3 Å². The highest BCUT2D eigenvalue weighted by Gasteiger charge is 2.36. The Morgan fingerprint density at radius 3 is 2.48 bits per heavy atom. The number of methoxy groups -OCH3 is 1. The topological polar surface area (TPSA) is 95.9 Å². The molecule has 136 valence electrons. The van der Waals surface area contributed by atoms with Gasteiger partial charge >= 0.3 is 5.97 Å². The van der Waals surface area contributed by atoms with Crippen LogP contribution in [0.25, 0.3) is 0 Å². The zero-order chi connectivity index (χ0) is 18.6. The molecule has 0 radical (unpaired) electrons. The van der Waals surface area contributed by atoms with E-state index >= 15 is 0 Å². The molecule has 1 aliphatic heterocycles. The van der Waals surface area contributed by atoms with Crippen molar-refractivity contribution in [3.63, 3.8) is 0 Å². The summed E-state index contributed by atoms with van der Waals surface area (Å²) < 4.78 is 5.10. The second-order valence-electron chi connectivity index (χ2n) is 6.59. The third-order valence-electron chi connectivity index (χ3n) is 4.35. The van der Waals surface area contributed by atoms with Crippen LogP contribution in [0, 0.1) is 11.8 Å². The van der Waals surface area contributed by atoms with Gasteiger partial charge in [0.15, 0.2) is 0 Å². The maximum atomic E-state index is 12.3. The van der Waals surface area contributed by atoms with Gasteiger partial charge in [-0.05, 0) is 23.6 Å². The molecule has 2 N–H and O–H groups in total. The van der Waals surface area contributed by atoms with Crippen molar-refractivity contribution in [3.05, 3.63) is 29.8 Å². The van der Waals surface area contributed by atoms with E-state index in [2.05, 4.69) is 5.32 Å². The highest BCUT2D eigenvalue weighted by Crippen LogP contribution is 2.22. The number of hydrogen-bond donors (Lipinski definition) is 2. The zero-order valence-electron chi connectivity index (χ0n) is 14.7. The Bertz CT molecular complexity index is 641. The summed E-state index contributed by atoms with van der Waals surface area (Å²) in [5.41, 5.74) is 0.945. The summed E-state index contributed by atoms with van der Waals surface area (Å²) in [4.78, 5) is 37.3. The van der Waals surface area contributed by atoms with E-state index in [1.165, 1.54) is 0 Å². The minimum absolute atomic E-state index is 0.104. The van der Waals surface area contributed by atoms with Crippen molar-refractivity contribution in [2.45, 2.75) is 32.9 Å². The van der Waals surface area contributed by atoms with Crippen LogP contribution in [0.5, 0.6) is 5.75 Å². The number of carbonyl (C=O) groups is 3. The van der Waals surface area contributed by atoms with Gasteiger partial charge in [-0.25, -0.2) is 4.79 Å². The van der Waals surface area contributed by atoms with E-state index in [0.29, 0.717) is 13.1 Å². The van der Waals surface area contributed by atoms with Crippen LogP contribution in [0.1, 0.15) is 25.8 Å². The minimum atomic E-state index is -1.07. The van der Waals surface area contributed by atoms with E-state index in [1.807, 2.05) is 24.3 Å². The smallest absolute Gasteiger partial charge is 0.326 e. The third kappa shape index (κ3) is 4.71. The molecule has 0 aliphatic carbocycles. The fourth-order valence-corrected chi connectivity index (χ4v) is 2.84. The van der Waals surface area contributed by atoms with Gasteiger partial charge < -0.3 is 20.1 Å². The molecular formula is C18H24N2O5. The van der Waals surface area contributed by atoms with E-state index in [4.69, 9.17) is 4.74 Å². The van der Waals surface area contributed by atoms with Gasteiger partial charge in [0.25, 0.3) is 0 Å². The standard InChI is InChI=1S/C18H24N2O5/c1-11(2)16(18(23)24)19-17(22)13-8-15(21)20(10-13)9-12-4-6-14(25-3)7-5-12/h4-7,11,13,16H,8-10H2,1-3H3,(H,19,22)(H,23,24)/t13?,16-/m0/s1. The molecule has 1 aromatic rings. The number of carbonyl (C=O) groups excluding carboxylic acids is 2. The lowest BCUT2D eigenvalue weighted by atomic mass is 10.0. The van der Waals surface area contributed by atoms with Crippen molar-refractivity contribution in [2.75, 3.05) is 13.7 Å². The molecule has 1 heterocycles. The lowest BCUT2D eigenvalue weighted by Crippen LogP contribution is -2.47. The molecule has 2 amide bonds. The summed E-state index contributed by atoms with van der Waals surface area (Å²) in [7, 11) is 1.59. The van der Waals surface area contributed by atoms with Crippen molar-refractivity contribution in [2.24, 2.45) is 11.8 Å². The van der Waals surface area contributed by atoms with Crippen molar-refractivity contribution >= 4 is 17.8 Å². The predicted octanol–water partition coefficient (Wildman–Crippen LogP) is 1.27. The van der Waals surface area contributed by atoms with Crippen molar-refractivity contribution < 1.29 is 24.2 Å². The Kier molecular flexibility index (Phi) is 6.01. The van der Waals surface area contributed by atoms with Gasteiger partial charge in [0.2, 0.25) is 11.8 Å². The Morgan fingerprint density at radius 2 is 1.96 bits per heavy atom. The van der Waals surface area contributed by atoms with Gasteiger partial charge in [-0.3, -0.25) is 9.59 Å². The predicted molar refractivity (Wildman–Crippen MR) is 90.9 cm³/mol. The normalized spacial score (nSPS) is 18.3. The molecule has 1 unspecified atom stereocenters. The molecule has 0 aromatic heterocycles.